The van der Waals surface area contributed by atoms with Crippen LogP contribution in [0.3, 0.4) is 0 Å². The highest BCUT2D eigenvalue weighted by Crippen LogP contribution is 2.27. The number of ether oxygens (including phenoxy) is 1. The third-order valence-electron chi connectivity index (χ3n) is 1.54. The largest absolute Gasteiger partial charge is 0.574 e. The van der Waals surface area contributed by atoms with Gasteiger partial charge >= 0.3 is 6.36 Å². The van der Waals surface area contributed by atoms with Gasteiger partial charge in [-0.25, -0.2) is 4.98 Å². The number of rotatable bonds is 2. The van der Waals surface area contributed by atoms with E-state index in [2.05, 4.69) is 9.72 Å². The number of aromatic nitrogens is 1. The third kappa shape index (κ3) is 3.48. The number of halogens is 5. The minimum absolute atomic E-state index is 0.0503. The predicted octanol–water partition coefficient (Wildman–Crippen LogP) is 3.27. The van der Waals surface area contributed by atoms with E-state index >= 15 is 0 Å². The molecular formula is C8H4ClF3INO2. The first-order valence-electron chi connectivity index (χ1n) is 3.83. The van der Waals surface area contributed by atoms with Crippen LogP contribution in [0, 0.1) is 10.6 Å². The Kier molecular flexibility index (Phi) is 4.00. The molecular weight excluding hydrogens is 361 g/mol. The Balaban J connectivity index is 3.16. The Morgan fingerprint density at radius 1 is 1.56 bits per heavy atom. The monoisotopic (exact) mass is 365 g/mol. The van der Waals surface area contributed by atoms with Crippen LogP contribution in [0.1, 0.15) is 15.9 Å². The van der Waals surface area contributed by atoms with Gasteiger partial charge < -0.3 is 4.74 Å². The fourth-order valence-electron chi connectivity index (χ4n) is 0.926. The molecule has 1 aromatic rings. The van der Waals surface area contributed by atoms with Gasteiger partial charge in [-0.15, -0.1) is 13.2 Å². The number of hydrogen-bond acceptors (Lipinski definition) is 3. The van der Waals surface area contributed by atoms with Crippen molar-refractivity contribution in [2.24, 2.45) is 0 Å². The first-order valence-corrected chi connectivity index (χ1v) is 5.29. The van der Waals surface area contributed by atoms with Crippen LogP contribution in [0.5, 0.6) is 5.88 Å². The van der Waals surface area contributed by atoms with E-state index in [-0.39, 0.29) is 14.8 Å². The van der Waals surface area contributed by atoms with Gasteiger partial charge in [0.2, 0.25) is 5.88 Å². The Hall–Kier alpha value is -0.570. The van der Waals surface area contributed by atoms with Crippen LogP contribution < -0.4 is 4.74 Å². The van der Waals surface area contributed by atoms with Crippen molar-refractivity contribution in [1.82, 2.24) is 4.98 Å². The maximum absolute atomic E-state index is 12.0. The molecule has 0 atom stereocenters. The fraction of sp³-hybridized carbons (Fsp3) is 0.250. The van der Waals surface area contributed by atoms with Gasteiger partial charge in [-0.2, -0.15) is 0 Å². The van der Waals surface area contributed by atoms with Crippen molar-refractivity contribution in [3.63, 3.8) is 0 Å². The Labute approximate surface area is 107 Å². The van der Waals surface area contributed by atoms with Crippen molar-refractivity contribution in [2.75, 3.05) is 0 Å². The van der Waals surface area contributed by atoms with Gasteiger partial charge in [-0.1, -0.05) is 0 Å². The minimum atomic E-state index is -4.81. The van der Waals surface area contributed by atoms with Crippen LogP contribution >= 0.6 is 34.2 Å². The molecule has 0 saturated carbocycles. The minimum Gasteiger partial charge on any atom is -0.388 e. The lowest BCUT2D eigenvalue weighted by Crippen LogP contribution is -2.19. The zero-order valence-electron chi connectivity index (χ0n) is 7.73. The summed E-state index contributed by atoms with van der Waals surface area (Å²) in [7, 11) is 0. The molecule has 0 radical (unpaired) electrons. The molecule has 0 unspecified atom stereocenters. The van der Waals surface area contributed by atoms with Crippen LogP contribution in [0.4, 0.5) is 13.2 Å². The van der Waals surface area contributed by atoms with Gasteiger partial charge in [0, 0.05) is 5.56 Å². The maximum atomic E-state index is 12.0. The van der Waals surface area contributed by atoms with E-state index in [0.29, 0.717) is 0 Å². The molecule has 1 aromatic heterocycles. The summed E-state index contributed by atoms with van der Waals surface area (Å²) >= 11 is 6.82. The summed E-state index contributed by atoms with van der Waals surface area (Å²) in [4.78, 5) is 14.4. The standard InChI is InChI=1S/C8H4ClF3INO2/c1-3-2-4(5(9)15)6(13)14-7(3)16-8(10,11)12/h2H,1H3. The number of hydrogen-bond donors (Lipinski definition) is 0. The lowest BCUT2D eigenvalue weighted by molar-refractivity contribution is -0.276. The first-order chi connectivity index (χ1) is 7.20. The number of nitrogens with zero attached hydrogens (tertiary/aromatic N) is 1. The molecule has 0 aromatic carbocycles. The van der Waals surface area contributed by atoms with Crippen LogP contribution in [-0.4, -0.2) is 16.6 Å². The first kappa shape index (κ1) is 13.5. The average molecular weight is 365 g/mol. The summed E-state index contributed by atoms with van der Waals surface area (Å²) in [6, 6.07) is 1.20. The van der Waals surface area contributed by atoms with Crippen molar-refractivity contribution in [2.45, 2.75) is 13.3 Å². The lowest BCUT2D eigenvalue weighted by atomic mass is 10.2. The number of alkyl halides is 3. The summed E-state index contributed by atoms with van der Waals surface area (Å²) in [5.74, 6) is -0.585. The van der Waals surface area contributed by atoms with E-state index in [4.69, 9.17) is 11.6 Å². The summed E-state index contributed by atoms with van der Waals surface area (Å²) in [6.07, 6.45) is -4.81. The van der Waals surface area contributed by atoms with E-state index < -0.39 is 17.5 Å². The molecule has 0 aliphatic heterocycles. The number of aryl methyl sites for hydroxylation is 1. The Morgan fingerprint density at radius 2 is 2.12 bits per heavy atom. The molecule has 0 spiro atoms. The van der Waals surface area contributed by atoms with E-state index in [1.54, 1.807) is 22.6 Å². The van der Waals surface area contributed by atoms with Crippen LogP contribution in [0.15, 0.2) is 6.07 Å². The SMILES string of the molecule is Cc1cc(C(=O)Cl)c(I)nc1OC(F)(F)F. The molecule has 88 valence electrons. The maximum Gasteiger partial charge on any atom is 0.574 e. The van der Waals surface area contributed by atoms with Gasteiger partial charge in [-0.3, -0.25) is 4.79 Å². The van der Waals surface area contributed by atoms with E-state index in [0.717, 1.165) is 0 Å². The summed E-state index contributed by atoms with van der Waals surface area (Å²) < 4.78 is 39.6. The number of carbonyl (C=O) groups excluding carboxylic acids is 1. The molecule has 0 fully saturated rings. The van der Waals surface area contributed by atoms with E-state index in [1.807, 2.05) is 0 Å². The zero-order chi connectivity index (χ0) is 12.5. The van der Waals surface area contributed by atoms with Gasteiger partial charge in [0.05, 0.1) is 5.56 Å². The summed E-state index contributed by atoms with van der Waals surface area (Å²) in [6.45, 7) is 1.34. The van der Waals surface area contributed by atoms with Crippen molar-refractivity contribution in [3.8, 4) is 5.88 Å². The highest BCUT2D eigenvalue weighted by Gasteiger charge is 2.33. The normalized spacial score (nSPS) is 11.4. The highest BCUT2D eigenvalue weighted by molar-refractivity contribution is 14.1. The molecule has 0 N–H and O–H groups in total. The molecule has 0 aliphatic rings. The zero-order valence-corrected chi connectivity index (χ0v) is 10.6. The van der Waals surface area contributed by atoms with Crippen LogP contribution in [0.25, 0.3) is 0 Å². The molecule has 0 saturated heterocycles. The van der Waals surface area contributed by atoms with Gasteiger partial charge in [0.15, 0.2) is 0 Å². The smallest absolute Gasteiger partial charge is 0.388 e. The van der Waals surface area contributed by atoms with Crippen LogP contribution in [0.2, 0.25) is 0 Å². The quantitative estimate of drug-likeness (QED) is 0.459. The Morgan fingerprint density at radius 3 is 2.56 bits per heavy atom. The average Bonchev–Trinajstić information content (AvgIpc) is 2.07. The van der Waals surface area contributed by atoms with Crippen molar-refractivity contribution in [3.05, 3.63) is 20.9 Å². The van der Waals surface area contributed by atoms with E-state index in [1.165, 1.54) is 13.0 Å². The molecule has 1 heterocycles. The van der Waals surface area contributed by atoms with Crippen molar-refractivity contribution < 1.29 is 22.7 Å². The molecule has 0 amide bonds. The summed E-state index contributed by atoms with van der Waals surface area (Å²) in [5, 5.41) is -0.779. The van der Waals surface area contributed by atoms with Gasteiger partial charge in [-0.05, 0) is 47.2 Å². The Bertz CT molecular complexity index is 436. The third-order valence-corrected chi connectivity index (χ3v) is 2.57. The van der Waals surface area contributed by atoms with E-state index in [9.17, 15) is 18.0 Å². The second-order valence-corrected chi connectivity index (χ2v) is 4.14. The number of pyridine rings is 1. The molecule has 8 heteroatoms. The second kappa shape index (κ2) is 4.74. The molecule has 0 bridgehead atoms. The van der Waals surface area contributed by atoms with Crippen molar-refractivity contribution >= 4 is 39.4 Å². The molecule has 0 aliphatic carbocycles. The molecule has 1 rings (SSSR count). The highest BCUT2D eigenvalue weighted by atomic mass is 127. The van der Waals surface area contributed by atoms with Gasteiger partial charge in [0.25, 0.3) is 5.24 Å². The van der Waals surface area contributed by atoms with Crippen LogP contribution in [-0.2, 0) is 0 Å². The molecule has 3 nitrogen and oxygen atoms in total. The predicted molar refractivity (Wildman–Crippen MR) is 58.6 cm³/mol. The molecule has 16 heavy (non-hydrogen) atoms. The lowest BCUT2D eigenvalue weighted by Gasteiger charge is -2.11. The summed E-state index contributed by atoms with van der Waals surface area (Å²) in [5.41, 5.74) is 0.135. The fourth-order valence-corrected chi connectivity index (χ4v) is 1.85. The van der Waals surface area contributed by atoms with Crippen molar-refractivity contribution in [1.29, 1.82) is 0 Å². The second-order valence-electron chi connectivity index (χ2n) is 2.77. The topological polar surface area (TPSA) is 39.2 Å². The van der Waals surface area contributed by atoms with Gasteiger partial charge in [0.1, 0.15) is 3.70 Å². The number of carbonyl (C=O) groups is 1.